The monoisotopic (exact) mass is 354 g/mol. The van der Waals surface area contributed by atoms with E-state index in [2.05, 4.69) is 26.0 Å². The van der Waals surface area contributed by atoms with Crippen molar-refractivity contribution < 1.29 is 9.59 Å². The fourth-order valence-electron chi connectivity index (χ4n) is 3.17. The van der Waals surface area contributed by atoms with Crippen molar-refractivity contribution in [1.29, 1.82) is 0 Å². The van der Waals surface area contributed by atoms with Crippen LogP contribution in [0.15, 0.2) is 30.7 Å². The molecule has 3 heterocycles. The zero-order valence-electron chi connectivity index (χ0n) is 14.6. The summed E-state index contributed by atoms with van der Waals surface area (Å²) in [5, 5.41) is 13.5. The third-order valence-corrected chi connectivity index (χ3v) is 4.76. The molecule has 1 saturated heterocycles. The van der Waals surface area contributed by atoms with E-state index in [4.69, 9.17) is 0 Å². The van der Waals surface area contributed by atoms with Crippen molar-refractivity contribution in [2.75, 3.05) is 5.32 Å². The normalized spacial score (nSPS) is 22.6. The Kier molecular flexibility index (Phi) is 4.32. The second-order valence-corrected chi connectivity index (χ2v) is 6.96. The molecule has 2 amide bonds. The first-order valence-electron chi connectivity index (χ1n) is 8.90. The van der Waals surface area contributed by atoms with Gasteiger partial charge in [-0.15, -0.1) is 0 Å². The summed E-state index contributed by atoms with van der Waals surface area (Å²) in [6.07, 6.45) is 8.49. The maximum Gasteiger partial charge on any atom is 0.253 e. The van der Waals surface area contributed by atoms with Gasteiger partial charge in [0.2, 0.25) is 5.91 Å². The van der Waals surface area contributed by atoms with Gasteiger partial charge in [0.15, 0.2) is 0 Å². The molecule has 1 unspecified atom stereocenters. The van der Waals surface area contributed by atoms with Crippen LogP contribution in [0.1, 0.15) is 47.6 Å². The second kappa shape index (κ2) is 6.78. The molecular formula is C18H22N6O2. The molecule has 0 aromatic carbocycles. The van der Waals surface area contributed by atoms with Crippen molar-refractivity contribution in [2.45, 2.75) is 43.8 Å². The van der Waals surface area contributed by atoms with Gasteiger partial charge in [-0.3, -0.25) is 14.3 Å². The number of hydrogen-bond donors (Lipinski definition) is 3. The Bertz CT molecular complexity index is 811. The van der Waals surface area contributed by atoms with Crippen LogP contribution in [0, 0.1) is 0 Å². The molecule has 8 nitrogen and oxygen atoms in total. The highest BCUT2D eigenvalue weighted by Crippen LogP contribution is 2.25. The zero-order valence-corrected chi connectivity index (χ0v) is 14.6. The first kappa shape index (κ1) is 16.6. The van der Waals surface area contributed by atoms with Gasteiger partial charge in [-0.25, -0.2) is 4.98 Å². The van der Waals surface area contributed by atoms with Crippen LogP contribution in [0.4, 0.5) is 5.82 Å². The summed E-state index contributed by atoms with van der Waals surface area (Å²) in [5.74, 6) is 0.592. The molecule has 2 aromatic rings. The molecule has 3 N–H and O–H groups in total. The van der Waals surface area contributed by atoms with E-state index >= 15 is 0 Å². The maximum atomic E-state index is 12.6. The van der Waals surface area contributed by atoms with E-state index in [0.29, 0.717) is 24.4 Å². The molecule has 0 radical (unpaired) electrons. The molecule has 26 heavy (non-hydrogen) atoms. The number of carbonyl (C=O) groups excluding carboxylic acids is 2. The number of piperidine rings is 1. The first-order chi connectivity index (χ1) is 12.6. The molecule has 4 rings (SSSR count). The largest absolute Gasteiger partial charge is 0.367 e. The van der Waals surface area contributed by atoms with E-state index in [0.717, 1.165) is 11.4 Å². The number of hydrogen-bond acceptors (Lipinski definition) is 5. The van der Waals surface area contributed by atoms with Crippen LogP contribution in [0.5, 0.6) is 0 Å². The fraction of sp³-hybridized carbons (Fsp3) is 0.444. The summed E-state index contributed by atoms with van der Waals surface area (Å²) in [5.41, 5.74) is 1.39. The summed E-state index contributed by atoms with van der Waals surface area (Å²) in [6.45, 7) is 0. The van der Waals surface area contributed by atoms with E-state index < -0.39 is 0 Å². The molecular weight excluding hydrogens is 332 g/mol. The SMILES string of the molecule is Cn1cc(C2NC(=O)CC[C@@H]2NC(=O)c2ccc(NC3CC3)nc2)cn1. The van der Waals surface area contributed by atoms with Crippen LogP contribution in [0.25, 0.3) is 0 Å². The van der Waals surface area contributed by atoms with E-state index in [1.165, 1.54) is 12.8 Å². The number of nitrogens with zero attached hydrogens (tertiary/aromatic N) is 3. The number of aromatic nitrogens is 3. The Balaban J connectivity index is 1.45. The lowest BCUT2D eigenvalue weighted by Gasteiger charge is -2.32. The van der Waals surface area contributed by atoms with Crippen LogP contribution in [-0.4, -0.2) is 38.7 Å². The lowest BCUT2D eigenvalue weighted by atomic mass is 9.93. The van der Waals surface area contributed by atoms with Gasteiger partial charge in [0.25, 0.3) is 5.91 Å². The van der Waals surface area contributed by atoms with Crippen molar-refractivity contribution in [1.82, 2.24) is 25.4 Å². The summed E-state index contributed by atoms with van der Waals surface area (Å²) in [6, 6.07) is 3.65. The number of carbonyl (C=O) groups is 2. The summed E-state index contributed by atoms with van der Waals surface area (Å²) in [4.78, 5) is 28.7. The standard InChI is InChI=1S/C18H22N6O2/c1-24-10-12(9-20-24)17-14(5-7-16(25)23-17)22-18(26)11-2-6-15(19-8-11)21-13-3-4-13/h2,6,8-10,13-14,17H,3-5,7H2,1H3,(H,19,21)(H,22,26)(H,23,25)/t14-,17?/m0/s1. The van der Waals surface area contributed by atoms with E-state index in [9.17, 15) is 9.59 Å². The Hall–Kier alpha value is -2.90. The highest BCUT2D eigenvalue weighted by molar-refractivity contribution is 5.94. The first-order valence-corrected chi connectivity index (χ1v) is 8.90. The summed E-state index contributed by atoms with van der Waals surface area (Å²) in [7, 11) is 1.82. The molecule has 2 atom stereocenters. The highest BCUT2D eigenvalue weighted by Gasteiger charge is 2.32. The topological polar surface area (TPSA) is 101 Å². The number of amides is 2. The molecule has 8 heteroatoms. The second-order valence-electron chi connectivity index (χ2n) is 6.96. The van der Waals surface area contributed by atoms with E-state index in [1.54, 1.807) is 23.1 Å². The molecule has 2 fully saturated rings. The highest BCUT2D eigenvalue weighted by atomic mass is 16.2. The lowest BCUT2D eigenvalue weighted by molar-refractivity contribution is -0.123. The fourth-order valence-corrected chi connectivity index (χ4v) is 3.17. The minimum Gasteiger partial charge on any atom is -0.367 e. The predicted octanol–water partition coefficient (Wildman–Crippen LogP) is 1.14. The average molecular weight is 354 g/mol. The van der Waals surface area contributed by atoms with Crippen molar-refractivity contribution in [3.8, 4) is 0 Å². The summed E-state index contributed by atoms with van der Waals surface area (Å²) < 4.78 is 1.69. The maximum absolute atomic E-state index is 12.6. The van der Waals surface area contributed by atoms with Crippen LogP contribution in [0.3, 0.4) is 0 Å². The Morgan fingerprint density at radius 2 is 2.12 bits per heavy atom. The zero-order chi connectivity index (χ0) is 18.1. The predicted molar refractivity (Wildman–Crippen MR) is 95.5 cm³/mol. The molecule has 136 valence electrons. The van der Waals surface area contributed by atoms with Gasteiger partial charge >= 0.3 is 0 Å². The van der Waals surface area contributed by atoms with Crippen molar-refractivity contribution in [3.05, 3.63) is 41.9 Å². The van der Waals surface area contributed by atoms with Crippen LogP contribution >= 0.6 is 0 Å². The van der Waals surface area contributed by atoms with Gasteiger partial charge in [-0.05, 0) is 31.4 Å². The third-order valence-electron chi connectivity index (χ3n) is 4.76. The van der Waals surface area contributed by atoms with Crippen LogP contribution < -0.4 is 16.0 Å². The van der Waals surface area contributed by atoms with Gasteiger partial charge in [0.1, 0.15) is 5.82 Å². The van der Waals surface area contributed by atoms with Crippen LogP contribution in [0.2, 0.25) is 0 Å². The van der Waals surface area contributed by atoms with E-state index in [1.807, 2.05) is 19.3 Å². The van der Waals surface area contributed by atoms with E-state index in [-0.39, 0.29) is 23.9 Å². The molecule has 2 aliphatic rings. The molecule has 2 aromatic heterocycles. The Morgan fingerprint density at radius 3 is 2.77 bits per heavy atom. The van der Waals surface area contributed by atoms with Gasteiger partial charge in [0, 0.05) is 37.5 Å². The smallest absolute Gasteiger partial charge is 0.253 e. The number of rotatable bonds is 5. The van der Waals surface area contributed by atoms with Crippen molar-refractivity contribution >= 4 is 17.6 Å². The van der Waals surface area contributed by atoms with Gasteiger partial charge in [0.05, 0.1) is 23.8 Å². The minimum atomic E-state index is -0.280. The van der Waals surface area contributed by atoms with Crippen molar-refractivity contribution in [2.24, 2.45) is 7.05 Å². The Labute approximate surface area is 151 Å². The molecule has 1 aliphatic carbocycles. The minimum absolute atomic E-state index is 0.0125. The van der Waals surface area contributed by atoms with Gasteiger partial charge < -0.3 is 16.0 Å². The van der Waals surface area contributed by atoms with Gasteiger partial charge in [-0.1, -0.05) is 0 Å². The number of aryl methyl sites for hydroxylation is 1. The number of pyridine rings is 1. The Morgan fingerprint density at radius 1 is 1.27 bits per heavy atom. The molecule has 0 bridgehead atoms. The summed E-state index contributed by atoms with van der Waals surface area (Å²) >= 11 is 0. The molecule has 1 saturated carbocycles. The number of anilines is 1. The quantitative estimate of drug-likeness (QED) is 0.747. The average Bonchev–Trinajstić information content (AvgIpc) is 3.34. The number of nitrogens with one attached hydrogen (secondary N) is 3. The lowest BCUT2D eigenvalue weighted by Crippen LogP contribution is -2.50. The van der Waals surface area contributed by atoms with Crippen LogP contribution in [-0.2, 0) is 11.8 Å². The molecule has 0 spiro atoms. The van der Waals surface area contributed by atoms with Crippen molar-refractivity contribution in [3.63, 3.8) is 0 Å². The van der Waals surface area contributed by atoms with Gasteiger partial charge in [-0.2, -0.15) is 5.10 Å². The molecule has 1 aliphatic heterocycles. The third kappa shape index (κ3) is 3.68.